The average molecular weight is 255 g/mol. The Balaban J connectivity index is 1.93. The smallest absolute Gasteiger partial charge is 0.233 e. The molecule has 0 bridgehead atoms. The van der Waals surface area contributed by atoms with Crippen LogP contribution in [0.3, 0.4) is 0 Å². The Kier molecular flexibility index (Phi) is 4.01. The fourth-order valence-electron chi connectivity index (χ4n) is 1.68. The van der Waals surface area contributed by atoms with Gasteiger partial charge in [0, 0.05) is 19.6 Å². The lowest BCUT2D eigenvalue weighted by Gasteiger charge is -2.30. The van der Waals surface area contributed by atoms with Crippen molar-refractivity contribution in [2.24, 2.45) is 5.73 Å². The number of nitrogens with zero attached hydrogens (tertiary/aromatic N) is 4. The van der Waals surface area contributed by atoms with Gasteiger partial charge >= 0.3 is 0 Å². The Bertz CT molecular complexity index is 401. The number of carbonyl (C=O) groups is 1. The van der Waals surface area contributed by atoms with Gasteiger partial charge in [0.2, 0.25) is 5.91 Å². The van der Waals surface area contributed by atoms with Crippen molar-refractivity contribution in [3.63, 3.8) is 0 Å². The molecule has 7 heteroatoms. The van der Waals surface area contributed by atoms with Gasteiger partial charge in [-0.25, -0.2) is 0 Å². The summed E-state index contributed by atoms with van der Waals surface area (Å²) in [7, 11) is 0. The summed E-state index contributed by atoms with van der Waals surface area (Å²) in [6.45, 7) is 4.97. The molecule has 1 fully saturated rings. The van der Waals surface area contributed by atoms with Gasteiger partial charge in [-0.3, -0.25) is 4.79 Å². The van der Waals surface area contributed by atoms with Crippen LogP contribution in [0.2, 0.25) is 0 Å². The molecule has 0 saturated carbocycles. The number of amides is 1. The summed E-state index contributed by atoms with van der Waals surface area (Å²) in [4.78, 5) is 13.6. The monoisotopic (exact) mass is 255 g/mol. The highest BCUT2D eigenvalue weighted by atomic mass is 32.2. The quantitative estimate of drug-likeness (QED) is 0.754. The molecule has 1 aliphatic rings. The maximum atomic E-state index is 11.7. The predicted molar refractivity (Wildman–Crippen MR) is 65.5 cm³/mol. The van der Waals surface area contributed by atoms with E-state index in [1.54, 1.807) is 0 Å². The Morgan fingerprint density at radius 3 is 2.76 bits per heavy atom. The number of hydrogen-bond donors (Lipinski definition) is 1. The van der Waals surface area contributed by atoms with E-state index >= 15 is 0 Å². The van der Waals surface area contributed by atoms with Crippen LogP contribution in [0.15, 0.2) is 5.16 Å². The van der Waals surface area contributed by atoms with E-state index in [4.69, 9.17) is 5.73 Å². The highest BCUT2D eigenvalue weighted by Crippen LogP contribution is 2.18. The van der Waals surface area contributed by atoms with Crippen LogP contribution in [0, 0.1) is 0 Å². The van der Waals surface area contributed by atoms with Crippen LogP contribution in [0.4, 0.5) is 0 Å². The average Bonchev–Trinajstić information content (AvgIpc) is 2.65. The number of hydrogen-bond acceptors (Lipinski definition) is 5. The van der Waals surface area contributed by atoms with Crippen LogP contribution < -0.4 is 5.73 Å². The van der Waals surface area contributed by atoms with Crippen LogP contribution in [0.25, 0.3) is 0 Å². The van der Waals surface area contributed by atoms with E-state index in [1.807, 2.05) is 16.4 Å². The van der Waals surface area contributed by atoms with Crippen LogP contribution in [-0.4, -0.2) is 44.4 Å². The molecule has 1 aliphatic heterocycles. The maximum Gasteiger partial charge on any atom is 0.233 e. The molecule has 0 atom stereocenters. The molecule has 2 N–H and O–H groups in total. The van der Waals surface area contributed by atoms with Crippen molar-refractivity contribution in [2.45, 2.75) is 31.6 Å². The van der Waals surface area contributed by atoms with Gasteiger partial charge in [-0.2, -0.15) is 0 Å². The normalized spacial score (nSPS) is 14.8. The topological polar surface area (TPSA) is 77.0 Å². The van der Waals surface area contributed by atoms with Crippen molar-refractivity contribution in [1.82, 2.24) is 19.7 Å². The summed E-state index contributed by atoms with van der Waals surface area (Å²) in [5, 5.41) is 8.84. The van der Waals surface area contributed by atoms with Crippen molar-refractivity contribution >= 4 is 17.7 Å². The zero-order valence-corrected chi connectivity index (χ0v) is 10.7. The number of nitrogens with two attached hydrogens (primary N) is 1. The lowest BCUT2D eigenvalue weighted by Crippen LogP contribution is -2.43. The number of aromatic nitrogens is 3. The third-order valence-corrected chi connectivity index (χ3v) is 3.78. The first-order valence-corrected chi connectivity index (χ1v) is 6.77. The van der Waals surface area contributed by atoms with E-state index in [9.17, 15) is 4.79 Å². The molecule has 1 amide bonds. The first-order chi connectivity index (χ1) is 8.26. The zero-order chi connectivity index (χ0) is 12.3. The lowest BCUT2D eigenvalue weighted by atomic mass is 10.2. The molecule has 0 aromatic carbocycles. The number of likely N-dealkylation sites (tertiary alicyclic amines) is 1. The second-order valence-electron chi connectivity index (χ2n) is 3.87. The van der Waals surface area contributed by atoms with Crippen molar-refractivity contribution in [3.8, 4) is 0 Å². The van der Waals surface area contributed by atoms with E-state index < -0.39 is 0 Å². The molecule has 0 aliphatic carbocycles. The molecule has 1 aromatic heterocycles. The maximum absolute atomic E-state index is 11.7. The molecule has 0 unspecified atom stereocenters. The van der Waals surface area contributed by atoms with E-state index in [0.29, 0.717) is 12.3 Å². The van der Waals surface area contributed by atoms with Crippen LogP contribution >= 0.6 is 11.8 Å². The highest BCUT2D eigenvalue weighted by molar-refractivity contribution is 7.99. The van der Waals surface area contributed by atoms with Crippen LogP contribution in [0.5, 0.6) is 0 Å². The largest absolute Gasteiger partial charge is 0.342 e. The molecular weight excluding hydrogens is 238 g/mol. The Labute approximate surface area is 105 Å². The zero-order valence-electron chi connectivity index (χ0n) is 9.93. The molecule has 1 saturated heterocycles. The summed E-state index contributed by atoms with van der Waals surface area (Å²) in [5.74, 6) is 1.38. The molecule has 1 aromatic rings. The highest BCUT2D eigenvalue weighted by Gasteiger charge is 2.21. The minimum Gasteiger partial charge on any atom is -0.342 e. The van der Waals surface area contributed by atoms with Crippen LogP contribution in [0.1, 0.15) is 19.2 Å². The summed E-state index contributed by atoms with van der Waals surface area (Å²) in [6.07, 6.45) is 1.12. The van der Waals surface area contributed by atoms with Crippen molar-refractivity contribution < 1.29 is 4.79 Å². The standard InChI is InChI=1S/C10H17N5OS/c1-2-15-8(6-11)12-13-10(15)17-7-9(16)14-4-3-5-14/h2-7,11H2,1H3. The van der Waals surface area contributed by atoms with Gasteiger partial charge in [-0.15, -0.1) is 10.2 Å². The summed E-state index contributed by atoms with van der Waals surface area (Å²) >= 11 is 1.44. The summed E-state index contributed by atoms with van der Waals surface area (Å²) < 4.78 is 1.95. The van der Waals surface area contributed by atoms with Crippen LogP contribution in [-0.2, 0) is 17.9 Å². The molecule has 2 rings (SSSR count). The third-order valence-electron chi connectivity index (χ3n) is 2.83. The fourth-order valence-corrected chi connectivity index (χ4v) is 2.60. The Morgan fingerprint density at radius 1 is 1.47 bits per heavy atom. The minimum absolute atomic E-state index is 0.182. The Morgan fingerprint density at radius 2 is 2.24 bits per heavy atom. The second kappa shape index (κ2) is 5.50. The predicted octanol–water partition coefficient (Wildman–Crippen LogP) is 0.0811. The van der Waals surface area contributed by atoms with E-state index in [0.717, 1.165) is 37.0 Å². The SMILES string of the molecule is CCn1c(CN)nnc1SCC(=O)N1CCC1. The van der Waals surface area contributed by atoms with Crippen molar-refractivity contribution in [1.29, 1.82) is 0 Å². The van der Waals surface area contributed by atoms with Gasteiger partial charge in [0.1, 0.15) is 5.82 Å². The van der Waals surface area contributed by atoms with E-state index in [-0.39, 0.29) is 5.91 Å². The van der Waals surface area contributed by atoms with Gasteiger partial charge < -0.3 is 15.2 Å². The van der Waals surface area contributed by atoms with Gasteiger partial charge in [0.15, 0.2) is 5.16 Å². The molecule has 17 heavy (non-hydrogen) atoms. The second-order valence-corrected chi connectivity index (χ2v) is 4.81. The summed E-state index contributed by atoms with van der Waals surface area (Å²) in [6, 6.07) is 0. The molecule has 6 nitrogen and oxygen atoms in total. The first-order valence-electron chi connectivity index (χ1n) is 5.79. The molecule has 0 spiro atoms. The van der Waals surface area contributed by atoms with Crippen molar-refractivity contribution in [3.05, 3.63) is 5.82 Å². The fraction of sp³-hybridized carbons (Fsp3) is 0.700. The van der Waals surface area contributed by atoms with E-state index in [2.05, 4.69) is 10.2 Å². The van der Waals surface area contributed by atoms with Gasteiger partial charge in [0.25, 0.3) is 0 Å². The third kappa shape index (κ3) is 2.61. The van der Waals surface area contributed by atoms with E-state index in [1.165, 1.54) is 11.8 Å². The van der Waals surface area contributed by atoms with Gasteiger partial charge in [-0.1, -0.05) is 11.8 Å². The number of rotatable bonds is 5. The van der Waals surface area contributed by atoms with Gasteiger partial charge in [0.05, 0.1) is 12.3 Å². The van der Waals surface area contributed by atoms with Gasteiger partial charge in [-0.05, 0) is 13.3 Å². The summed E-state index contributed by atoms with van der Waals surface area (Å²) in [5.41, 5.74) is 5.57. The Hall–Kier alpha value is -1.08. The molecular formula is C10H17N5OS. The van der Waals surface area contributed by atoms with Crippen molar-refractivity contribution in [2.75, 3.05) is 18.8 Å². The minimum atomic E-state index is 0.182. The number of carbonyl (C=O) groups excluding carboxylic acids is 1. The lowest BCUT2D eigenvalue weighted by molar-refractivity contribution is -0.131. The molecule has 94 valence electrons. The molecule has 0 radical (unpaired) electrons. The molecule has 2 heterocycles. The number of thioether (sulfide) groups is 1. The first kappa shape index (κ1) is 12.4.